The molecule has 1 heterocycles. The van der Waals surface area contributed by atoms with Gasteiger partial charge in [0.2, 0.25) is 0 Å². The highest BCUT2D eigenvalue weighted by Crippen LogP contribution is 2.42. The molecule has 0 bridgehead atoms. The lowest BCUT2D eigenvalue weighted by Gasteiger charge is -2.55. The molecule has 0 aromatic heterocycles. The first kappa shape index (κ1) is 9.24. The first-order chi connectivity index (χ1) is 6.17. The Kier molecular flexibility index (Phi) is 2.21. The number of hydrazine groups is 1. The monoisotopic (exact) mass is 204 g/mol. The molecule has 13 heavy (non-hydrogen) atoms. The number of rotatable bonds is 1. The predicted molar refractivity (Wildman–Crippen MR) is 48.1 cm³/mol. The van der Waals surface area contributed by atoms with Crippen molar-refractivity contribution in [2.24, 2.45) is 0 Å². The van der Waals surface area contributed by atoms with Gasteiger partial charge in [-0.1, -0.05) is 19.3 Å². The van der Waals surface area contributed by atoms with Gasteiger partial charge in [-0.15, -0.1) is 4.53 Å². The minimum absolute atomic E-state index is 0.314. The summed E-state index contributed by atoms with van der Waals surface area (Å²) in [4.78, 5) is 10.9. The van der Waals surface area contributed by atoms with Crippen LogP contribution in [0.4, 0.5) is 0 Å². The van der Waals surface area contributed by atoms with Crippen molar-refractivity contribution >= 4 is 17.7 Å². The smallest absolute Gasteiger partial charge is 0.324 e. The Morgan fingerprint density at radius 2 is 2.08 bits per heavy atom. The molecule has 0 aromatic carbocycles. The van der Waals surface area contributed by atoms with Gasteiger partial charge in [0.25, 0.3) is 0 Å². The van der Waals surface area contributed by atoms with Crippen LogP contribution in [-0.2, 0) is 4.79 Å². The molecule has 74 valence electrons. The van der Waals surface area contributed by atoms with Gasteiger partial charge in [0.05, 0.1) is 5.54 Å². The van der Waals surface area contributed by atoms with Gasteiger partial charge in [-0.05, 0) is 24.6 Å². The normalized spacial score (nSPS) is 32.8. The Morgan fingerprint density at radius 3 is 2.54 bits per heavy atom. The molecule has 2 fully saturated rings. The summed E-state index contributed by atoms with van der Waals surface area (Å²) in [6, 6.07) is -0.481. The zero-order valence-corrected chi connectivity index (χ0v) is 8.05. The SMILES string of the molecule is O=C(O)C1NN(Cl)C12CCCCC2. The molecule has 0 amide bonds. The summed E-state index contributed by atoms with van der Waals surface area (Å²) < 4.78 is 1.46. The Morgan fingerprint density at radius 1 is 1.46 bits per heavy atom. The first-order valence-corrected chi connectivity index (χ1v) is 4.96. The molecule has 2 aliphatic rings. The summed E-state index contributed by atoms with van der Waals surface area (Å²) >= 11 is 5.88. The maximum absolute atomic E-state index is 10.9. The van der Waals surface area contributed by atoms with Gasteiger partial charge in [-0.2, -0.15) is 0 Å². The van der Waals surface area contributed by atoms with Gasteiger partial charge in [0.15, 0.2) is 0 Å². The van der Waals surface area contributed by atoms with E-state index in [-0.39, 0.29) is 5.54 Å². The van der Waals surface area contributed by atoms with E-state index in [1.807, 2.05) is 0 Å². The lowest BCUT2D eigenvalue weighted by atomic mass is 9.74. The Labute approximate surface area is 81.9 Å². The minimum atomic E-state index is -0.793. The zero-order valence-electron chi connectivity index (χ0n) is 7.29. The van der Waals surface area contributed by atoms with Gasteiger partial charge < -0.3 is 5.11 Å². The second kappa shape index (κ2) is 3.12. The van der Waals surface area contributed by atoms with E-state index in [2.05, 4.69) is 5.43 Å². The van der Waals surface area contributed by atoms with E-state index >= 15 is 0 Å². The zero-order chi connectivity index (χ0) is 9.47. The number of carbonyl (C=O) groups is 1. The highest BCUT2D eigenvalue weighted by molar-refractivity contribution is 6.14. The van der Waals surface area contributed by atoms with Crippen molar-refractivity contribution in [1.29, 1.82) is 0 Å². The standard InChI is InChI=1S/C8H13ClN2O2/c9-11-8(4-2-1-3-5-8)6(10-11)7(12)13/h6,10H,1-5H2,(H,12,13). The number of nitrogens with zero attached hydrogens (tertiary/aromatic N) is 1. The van der Waals surface area contributed by atoms with E-state index in [0.717, 1.165) is 25.7 Å². The fraction of sp³-hybridized carbons (Fsp3) is 0.875. The van der Waals surface area contributed by atoms with Crippen LogP contribution in [0.25, 0.3) is 0 Å². The maximum Gasteiger partial charge on any atom is 0.324 e. The van der Waals surface area contributed by atoms with E-state index < -0.39 is 12.0 Å². The van der Waals surface area contributed by atoms with Gasteiger partial charge in [-0.3, -0.25) is 4.79 Å². The number of halogens is 1. The molecule has 5 heteroatoms. The Balaban J connectivity index is 2.12. The molecule has 1 aliphatic carbocycles. The average Bonchev–Trinajstić information content (AvgIpc) is 2.15. The number of hydrogen-bond donors (Lipinski definition) is 2. The summed E-state index contributed by atoms with van der Waals surface area (Å²) in [6.45, 7) is 0. The number of nitrogens with one attached hydrogen (secondary N) is 1. The van der Waals surface area contributed by atoms with Crippen molar-refractivity contribution in [3.05, 3.63) is 0 Å². The summed E-state index contributed by atoms with van der Waals surface area (Å²) in [5.74, 6) is -0.793. The third kappa shape index (κ3) is 1.24. The van der Waals surface area contributed by atoms with E-state index in [1.165, 1.54) is 10.9 Å². The molecule has 1 atom stereocenters. The van der Waals surface area contributed by atoms with Crippen LogP contribution < -0.4 is 5.43 Å². The summed E-state index contributed by atoms with van der Waals surface area (Å²) in [7, 11) is 0. The van der Waals surface area contributed by atoms with Crippen molar-refractivity contribution < 1.29 is 9.90 Å². The van der Waals surface area contributed by atoms with E-state index in [4.69, 9.17) is 16.9 Å². The molecule has 1 unspecified atom stereocenters. The predicted octanol–water partition coefficient (Wildman–Crippen LogP) is 1.12. The molecular weight excluding hydrogens is 192 g/mol. The molecule has 0 aromatic rings. The van der Waals surface area contributed by atoms with Crippen molar-refractivity contribution in [1.82, 2.24) is 9.95 Å². The van der Waals surface area contributed by atoms with E-state index in [1.54, 1.807) is 0 Å². The number of carboxylic acid groups (broad SMARTS) is 1. The fourth-order valence-electron chi connectivity index (χ4n) is 2.34. The van der Waals surface area contributed by atoms with Crippen molar-refractivity contribution in [2.75, 3.05) is 0 Å². The van der Waals surface area contributed by atoms with Crippen molar-refractivity contribution in [2.45, 2.75) is 43.7 Å². The van der Waals surface area contributed by atoms with Crippen LogP contribution in [0.15, 0.2) is 0 Å². The van der Waals surface area contributed by atoms with E-state index in [0.29, 0.717) is 0 Å². The van der Waals surface area contributed by atoms with Gasteiger partial charge >= 0.3 is 5.97 Å². The van der Waals surface area contributed by atoms with Gasteiger partial charge in [0, 0.05) is 0 Å². The lowest BCUT2D eigenvalue weighted by molar-refractivity contribution is -0.160. The molecule has 2 N–H and O–H groups in total. The lowest BCUT2D eigenvalue weighted by Crippen LogP contribution is -2.77. The summed E-state index contributed by atoms with van der Waals surface area (Å²) in [5, 5.41) is 8.92. The van der Waals surface area contributed by atoms with Crippen molar-refractivity contribution in [3.63, 3.8) is 0 Å². The largest absolute Gasteiger partial charge is 0.480 e. The molecule has 1 saturated carbocycles. The number of hydrogen-bond acceptors (Lipinski definition) is 3. The fourth-order valence-corrected chi connectivity index (χ4v) is 2.71. The highest BCUT2D eigenvalue weighted by Gasteiger charge is 2.56. The topological polar surface area (TPSA) is 52.6 Å². The van der Waals surface area contributed by atoms with Crippen molar-refractivity contribution in [3.8, 4) is 0 Å². The van der Waals surface area contributed by atoms with Crippen LogP contribution in [0.3, 0.4) is 0 Å². The van der Waals surface area contributed by atoms with Gasteiger partial charge in [-0.25, -0.2) is 5.43 Å². The molecule has 1 spiro atoms. The second-order valence-corrected chi connectivity index (χ2v) is 4.18. The van der Waals surface area contributed by atoms with E-state index in [9.17, 15) is 4.79 Å². The average molecular weight is 205 g/mol. The Bertz CT molecular complexity index is 228. The van der Waals surface area contributed by atoms with Crippen LogP contribution in [0.1, 0.15) is 32.1 Å². The number of carboxylic acids is 1. The number of aliphatic carboxylic acids is 1. The first-order valence-electron chi connectivity index (χ1n) is 4.62. The van der Waals surface area contributed by atoms with Crippen LogP contribution in [0.2, 0.25) is 0 Å². The highest BCUT2D eigenvalue weighted by atomic mass is 35.5. The third-order valence-corrected chi connectivity index (χ3v) is 3.57. The summed E-state index contributed by atoms with van der Waals surface area (Å²) in [5.41, 5.74) is 2.39. The third-order valence-electron chi connectivity index (χ3n) is 3.14. The van der Waals surface area contributed by atoms with Crippen LogP contribution >= 0.6 is 11.8 Å². The molecule has 1 aliphatic heterocycles. The summed E-state index contributed by atoms with van der Waals surface area (Å²) in [6.07, 6.45) is 5.13. The van der Waals surface area contributed by atoms with Crippen LogP contribution in [0, 0.1) is 0 Å². The minimum Gasteiger partial charge on any atom is -0.480 e. The quantitative estimate of drug-likeness (QED) is 0.629. The maximum atomic E-state index is 10.9. The molecule has 0 radical (unpaired) electrons. The van der Waals surface area contributed by atoms with Crippen LogP contribution in [-0.4, -0.2) is 27.2 Å². The second-order valence-electron chi connectivity index (χ2n) is 3.85. The molecule has 2 rings (SSSR count). The molecule has 4 nitrogen and oxygen atoms in total. The molecular formula is C8H13ClN2O2. The van der Waals surface area contributed by atoms with Gasteiger partial charge in [0.1, 0.15) is 6.04 Å². The van der Waals surface area contributed by atoms with Crippen LogP contribution in [0.5, 0.6) is 0 Å². The Hall–Kier alpha value is -0.320. The molecule has 1 saturated heterocycles.